The number of fused-ring (bicyclic) bond motifs is 1. The van der Waals surface area contributed by atoms with E-state index in [-0.39, 0.29) is 5.56 Å². The van der Waals surface area contributed by atoms with Crippen LogP contribution in [0.4, 0.5) is 10.5 Å². The van der Waals surface area contributed by atoms with Gasteiger partial charge < -0.3 is 19.5 Å². The molecule has 8 nitrogen and oxygen atoms in total. The molecule has 9 heteroatoms. The lowest BCUT2D eigenvalue weighted by Crippen LogP contribution is -2.37. The number of rotatable bonds is 4. The van der Waals surface area contributed by atoms with E-state index in [0.29, 0.717) is 35.4 Å². The van der Waals surface area contributed by atoms with Gasteiger partial charge in [-0.1, -0.05) is 17.7 Å². The van der Waals surface area contributed by atoms with Gasteiger partial charge in [-0.15, -0.1) is 0 Å². The SMILES string of the molecule is O=C(COC(=O)c1cccc(Cl)c1)NC(=O)Nc1ccc2c(c1)OCCO2. The van der Waals surface area contributed by atoms with Crippen LogP contribution >= 0.6 is 11.6 Å². The summed E-state index contributed by atoms with van der Waals surface area (Å²) < 4.78 is 15.6. The molecule has 0 atom stereocenters. The number of urea groups is 1. The lowest BCUT2D eigenvalue weighted by molar-refractivity contribution is -0.123. The van der Waals surface area contributed by atoms with Gasteiger partial charge in [0.05, 0.1) is 5.56 Å². The predicted molar refractivity (Wildman–Crippen MR) is 96.3 cm³/mol. The van der Waals surface area contributed by atoms with Crippen molar-refractivity contribution < 1.29 is 28.6 Å². The van der Waals surface area contributed by atoms with Crippen molar-refractivity contribution in [3.63, 3.8) is 0 Å². The third-order valence-electron chi connectivity index (χ3n) is 3.45. The van der Waals surface area contributed by atoms with Crippen LogP contribution < -0.4 is 20.1 Å². The van der Waals surface area contributed by atoms with E-state index < -0.39 is 24.5 Å². The van der Waals surface area contributed by atoms with Crippen LogP contribution in [0, 0.1) is 0 Å². The number of anilines is 1. The van der Waals surface area contributed by atoms with E-state index in [1.54, 1.807) is 30.3 Å². The molecule has 0 bridgehead atoms. The van der Waals surface area contributed by atoms with Gasteiger partial charge in [-0.2, -0.15) is 0 Å². The lowest BCUT2D eigenvalue weighted by Gasteiger charge is -2.19. The molecular formula is C18H15ClN2O6. The standard InChI is InChI=1S/C18H15ClN2O6/c19-12-3-1-2-11(8-12)17(23)27-10-16(22)21-18(24)20-13-4-5-14-15(9-13)26-7-6-25-14/h1-5,8-9H,6-7,10H2,(H2,20,21,22,24). The van der Waals surface area contributed by atoms with Gasteiger partial charge in [-0.05, 0) is 30.3 Å². The molecule has 1 aliphatic heterocycles. The predicted octanol–water partition coefficient (Wildman–Crippen LogP) is 2.62. The molecule has 27 heavy (non-hydrogen) atoms. The van der Waals surface area contributed by atoms with E-state index in [4.69, 9.17) is 25.8 Å². The molecule has 0 aliphatic carbocycles. The average molecular weight is 391 g/mol. The molecule has 0 unspecified atom stereocenters. The normalized spacial score (nSPS) is 12.0. The summed E-state index contributed by atoms with van der Waals surface area (Å²) in [4.78, 5) is 35.5. The maximum absolute atomic E-state index is 11.9. The highest BCUT2D eigenvalue weighted by molar-refractivity contribution is 6.30. The van der Waals surface area contributed by atoms with Gasteiger partial charge in [-0.25, -0.2) is 9.59 Å². The first-order chi connectivity index (χ1) is 13.0. The van der Waals surface area contributed by atoms with Crippen molar-refractivity contribution in [2.45, 2.75) is 0 Å². The zero-order chi connectivity index (χ0) is 19.2. The fourth-order valence-corrected chi connectivity index (χ4v) is 2.47. The van der Waals surface area contributed by atoms with Gasteiger partial charge in [0.1, 0.15) is 13.2 Å². The Morgan fingerprint density at radius 2 is 1.81 bits per heavy atom. The second kappa shape index (κ2) is 8.41. The van der Waals surface area contributed by atoms with Crippen LogP contribution in [0.2, 0.25) is 5.02 Å². The summed E-state index contributed by atoms with van der Waals surface area (Å²) in [5.41, 5.74) is 0.622. The van der Waals surface area contributed by atoms with E-state index in [1.807, 2.05) is 0 Å². The molecule has 140 valence electrons. The number of imide groups is 1. The van der Waals surface area contributed by atoms with Crippen LogP contribution in [-0.2, 0) is 9.53 Å². The molecule has 3 amide bonds. The number of amides is 3. The van der Waals surface area contributed by atoms with Crippen LogP contribution in [0.3, 0.4) is 0 Å². The number of hydrogen-bond acceptors (Lipinski definition) is 6. The van der Waals surface area contributed by atoms with Crippen LogP contribution in [0.5, 0.6) is 11.5 Å². The van der Waals surface area contributed by atoms with E-state index in [1.165, 1.54) is 12.1 Å². The van der Waals surface area contributed by atoms with Crippen molar-refractivity contribution in [1.29, 1.82) is 0 Å². The first-order valence-electron chi connectivity index (χ1n) is 7.94. The van der Waals surface area contributed by atoms with Crippen molar-refractivity contribution in [1.82, 2.24) is 5.32 Å². The quantitative estimate of drug-likeness (QED) is 0.778. The van der Waals surface area contributed by atoms with Crippen LogP contribution in [0.15, 0.2) is 42.5 Å². The third kappa shape index (κ3) is 5.11. The number of ether oxygens (including phenoxy) is 3. The Morgan fingerprint density at radius 1 is 1.04 bits per heavy atom. The molecule has 3 rings (SSSR count). The molecule has 0 radical (unpaired) electrons. The van der Waals surface area contributed by atoms with Crippen molar-refractivity contribution in [3.8, 4) is 11.5 Å². The number of carbonyl (C=O) groups is 3. The van der Waals surface area contributed by atoms with Gasteiger partial charge >= 0.3 is 12.0 Å². The summed E-state index contributed by atoms with van der Waals surface area (Å²) in [5, 5.41) is 4.92. The number of benzene rings is 2. The summed E-state index contributed by atoms with van der Waals surface area (Å²) in [6.45, 7) is 0.266. The van der Waals surface area contributed by atoms with Crippen molar-refractivity contribution in [3.05, 3.63) is 53.1 Å². The van der Waals surface area contributed by atoms with E-state index >= 15 is 0 Å². The van der Waals surface area contributed by atoms with Crippen molar-refractivity contribution in [2.75, 3.05) is 25.1 Å². The molecule has 0 saturated carbocycles. The summed E-state index contributed by atoms with van der Waals surface area (Å²) >= 11 is 5.79. The fourth-order valence-electron chi connectivity index (χ4n) is 2.28. The minimum atomic E-state index is -0.777. The average Bonchev–Trinajstić information content (AvgIpc) is 2.66. The smallest absolute Gasteiger partial charge is 0.338 e. The highest BCUT2D eigenvalue weighted by Gasteiger charge is 2.15. The second-order valence-corrected chi connectivity index (χ2v) is 5.88. The second-order valence-electron chi connectivity index (χ2n) is 5.45. The van der Waals surface area contributed by atoms with Gasteiger partial charge in [-0.3, -0.25) is 10.1 Å². The lowest BCUT2D eigenvalue weighted by atomic mass is 10.2. The number of esters is 1. The molecular weight excluding hydrogens is 376 g/mol. The van der Waals surface area contributed by atoms with E-state index in [2.05, 4.69) is 10.6 Å². The molecule has 2 N–H and O–H groups in total. The van der Waals surface area contributed by atoms with Crippen LogP contribution in [0.25, 0.3) is 0 Å². The topological polar surface area (TPSA) is 103 Å². The summed E-state index contributed by atoms with van der Waals surface area (Å²) in [7, 11) is 0. The van der Waals surface area contributed by atoms with Crippen molar-refractivity contribution >= 4 is 35.2 Å². The molecule has 2 aromatic carbocycles. The molecule has 1 aliphatic rings. The summed E-state index contributed by atoms with van der Waals surface area (Å²) in [6.07, 6.45) is 0. The van der Waals surface area contributed by atoms with E-state index in [9.17, 15) is 14.4 Å². The molecule has 0 saturated heterocycles. The minimum absolute atomic E-state index is 0.205. The Hall–Kier alpha value is -3.26. The van der Waals surface area contributed by atoms with Gasteiger partial charge in [0.2, 0.25) is 0 Å². The largest absolute Gasteiger partial charge is 0.486 e. The monoisotopic (exact) mass is 390 g/mol. The fraction of sp³-hybridized carbons (Fsp3) is 0.167. The zero-order valence-electron chi connectivity index (χ0n) is 14.0. The van der Waals surface area contributed by atoms with Crippen LogP contribution in [0.1, 0.15) is 10.4 Å². The van der Waals surface area contributed by atoms with Crippen LogP contribution in [-0.4, -0.2) is 37.7 Å². The number of hydrogen-bond donors (Lipinski definition) is 2. The molecule has 1 heterocycles. The zero-order valence-corrected chi connectivity index (χ0v) is 14.7. The first-order valence-corrected chi connectivity index (χ1v) is 8.32. The van der Waals surface area contributed by atoms with Gasteiger partial charge in [0.25, 0.3) is 5.91 Å². The first kappa shape index (κ1) is 18.5. The highest BCUT2D eigenvalue weighted by atomic mass is 35.5. The van der Waals surface area contributed by atoms with Gasteiger partial charge in [0.15, 0.2) is 18.1 Å². The Bertz CT molecular complexity index is 886. The Morgan fingerprint density at radius 3 is 2.59 bits per heavy atom. The number of nitrogens with one attached hydrogen (secondary N) is 2. The third-order valence-corrected chi connectivity index (χ3v) is 3.68. The van der Waals surface area contributed by atoms with Crippen molar-refractivity contribution in [2.24, 2.45) is 0 Å². The maximum atomic E-state index is 11.9. The van der Waals surface area contributed by atoms with E-state index in [0.717, 1.165) is 0 Å². The molecule has 0 aromatic heterocycles. The summed E-state index contributed by atoms with van der Waals surface area (Å²) in [6, 6.07) is 10.2. The summed E-state index contributed by atoms with van der Waals surface area (Å²) in [5.74, 6) is -0.419. The van der Waals surface area contributed by atoms with Gasteiger partial charge in [0, 0.05) is 16.8 Å². The number of halogens is 1. The molecule has 2 aromatic rings. The maximum Gasteiger partial charge on any atom is 0.338 e. The highest BCUT2D eigenvalue weighted by Crippen LogP contribution is 2.32. The Balaban J connectivity index is 1.48. The number of carbonyl (C=O) groups excluding carboxylic acids is 3. The Labute approximate surface area is 159 Å². The molecule has 0 fully saturated rings. The minimum Gasteiger partial charge on any atom is -0.486 e. The Kier molecular flexibility index (Phi) is 5.77. The molecule has 0 spiro atoms.